The standard InChI is InChI=1S/C13H24F3NO/c1-3-11-5-6-12(10(11)2)17-7-4-8-18-9-13(14,15)16/h10-12,17H,3-9H2,1-2H3. The molecule has 0 aromatic carbocycles. The fourth-order valence-electron chi connectivity index (χ4n) is 2.76. The summed E-state index contributed by atoms with van der Waals surface area (Å²) in [6.45, 7) is 4.26. The number of ether oxygens (including phenoxy) is 1. The molecule has 0 aromatic heterocycles. The molecule has 0 amide bonds. The van der Waals surface area contributed by atoms with Crippen LogP contribution in [0.1, 0.15) is 39.5 Å². The molecule has 0 radical (unpaired) electrons. The van der Waals surface area contributed by atoms with E-state index in [4.69, 9.17) is 0 Å². The Kier molecular flexibility index (Phi) is 6.43. The molecule has 3 unspecified atom stereocenters. The van der Waals surface area contributed by atoms with Crippen LogP contribution in [-0.4, -0.2) is 32.0 Å². The Morgan fingerprint density at radius 1 is 1.28 bits per heavy atom. The summed E-state index contributed by atoms with van der Waals surface area (Å²) in [5.41, 5.74) is 0. The molecule has 0 aromatic rings. The first-order valence-electron chi connectivity index (χ1n) is 6.82. The maximum atomic E-state index is 11.8. The van der Waals surface area contributed by atoms with Crippen LogP contribution in [0.15, 0.2) is 0 Å². The highest BCUT2D eigenvalue weighted by Gasteiger charge is 2.30. The van der Waals surface area contributed by atoms with Crippen LogP contribution in [0.3, 0.4) is 0 Å². The van der Waals surface area contributed by atoms with Crippen molar-refractivity contribution in [3.8, 4) is 0 Å². The van der Waals surface area contributed by atoms with Gasteiger partial charge >= 0.3 is 6.18 Å². The number of halogens is 3. The third kappa shape index (κ3) is 5.57. The second kappa shape index (κ2) is 7.34. The molecule has 2 nitrogen and oxygen atoms in total. The summed E-state index contributed by atoms with van der Waals surface area (Å²) in [5, 5.41) is 3.43. The second-order valence-electron chi connectivity index (χ2n) is 5.19. The summed E-state index contributed by atoms with van der Waals surface area (Å²) in [4.78, 5) is 0. The van der Waals surface area contributed by atoms with E-state index >= 15 is 0 Å². The molecular formula is C13H24F3NO. The minimum Gasteiger partial charge on any atom is -0.372 e. The highest BCUT2D eigenvalue weighted by molar-refractivity contribution is 4.86. The maximum Gasteiger partial charge on any atom is 0.411 e. The van der Waals surface area contributed by atoms with E-state index in [0.29, 0.717) is 18.4 Å². The van der Waals surface area contributed by atoms with Crippen molar-refractivity contribution < 1.29 is 17.9 Å². The fourth-order valence-corrected chi connectivity index (χ4v) is 2.76. The zero-order valence-corrected chi connectivity index (χ0v) is 11.2. The number of nitrogens with one attached hydrogen (secondary N) is 1. The minimum atomic E-state index is -4.21. The molecule has 1 aliphatic carbocycles. The van der Waals surface area contributed by atoms with Crippen LogP contribution in [0.5, 0.6) is 0 Å². The Morgan fingerprint density at radius 3 is 2.56 bits per heavy atom. The molecule has 1 rings (SSSR count). The van der Waals surface area contributed by atoms with Crippen molar-refractivity contribution >= 4 is 0 Å². The van der Waals surface area contributed by atoms with Crippen molar-refractivity contribution in [1.29, 1.82) is 0 Å². The lowest BCUT2D eigenvalue weighted by atomic mass is 9.93. The van der Waals surface area contributed by atoms with E-state index in [2.05, 4.69) is 23.9 Å². The van der Waals surface area contributed by atoms with Gasteiger partial charge in [0.25, 0.3) is 0 Å². The Morgan fingerprint density at radius 2 is 2.00 bits per heavy atom. The van der Waals surface area contributed by atoms with Gasteiger partial charge in [-0.3, -0.25) is 0 Å². The predicted octanol–water partition coefficient (Wildman–Crippen LogP) is 3.37. The molecule has 5 heteroatoms. The Bertz CT molecular complexity index is 233. The zero-order valence-electron chi connectivity index (χ0n) is 11.2. The highest BCUT2D eigenvalue weighted by atomic mass is 19.4. The predicted molar refractivity (Wildman–Crippen MR) is 65.5 cm³/mol. The molecule has 18 heavy (non-hydrogen) atoms. The fraction of sp³-hybridized carbons (Fsp3) is 1.00. The average molecular weight is 267 g/mol. The minimum absolute atomic E-state index is 0.171. The van der Waals surface area contributed by atoms with Gasteiger partial charge in [-0.15, -0.1) is 0 Å². The second-order valence-corrected chi connectivity index (χ2v) is 5.19. The molecule has 1 saturated carbocycles. The Labute approximate surface area is 107 Å². The first-order valence-corrected chi connectivity index (χ1v) is 6.82. The number of hydrogen-bond donors (Lipinski definition) is 1. The van der Waals surface area contributed by atoms with Crippen LogP contribution in [0.4, 0.5) is 13.2 Å². The smallest absolute Gasteiger partial charge is 0.372 e. The molecule has 1 N–H and O–H groups in total. The van der Waals surface area contributed by atoms with Crippen LogP contribution in [0.25, 0.3) is 0 Å². The largest absolute Gasteiger partial charge is 0.411 e. The van der Waals surface area contributed by atoms with Crippen LogP contribution in [-0.2, 0) is 4.74 Å². The summed E-state index contributed by atoms with van der Waals surface area (Å²) < 4.78 is 40.0. The van der Waals surface area contributed by atoms with Crippen LogP contribution < -0.4 is 5.32 Å². The topological polar surface area (TPSA) is 21.3 Å². The van der Waals surface area contributed by atoms with Crippen molar-refractivity contribution in [2.24, 2.45) is 11.8 Å². The van der Waals surface area contributed by atoms with E-state index in [1.165, 1.54) is 19.3 Å². The van der Waals surface area contributed by atoms with Crippen molar-refractivity contribution in [2.45, 2.75) is 51.7 Å². The first-order chi connectivity index (χ1) is 8.44. The lowest BCUT2D eigenvalue weighted by Crippen LogP contribution is -2.34. The lowest BCUT2D eigenvalue weighted by molar-refractivity contribution is -0.173. The van der Waals surface area contributed by atoms with Gasteiger partial charge in [0.2, 0.25) is 0 Å². The Hall–Kier alpha value is -0.290. The molecule has 0 spiro atoms. The molecule has 108 valence electrons. The SMILES string of the molecule is CCC1CCC(NCCCOCC(F)(F)F)C1C. The third-order valence-electron chi connectivity index (χ3n) is 3.89. The van der Waals surface area contributed by atoms with Gasteiger partial charge in [-0.05, 0) is 37.6 Å². The van der Waals surface area contributed by atoms with Crippen molar-refractivity contribution in [3.63, 3.8) is 0 Å². The van der Waals surface area contributed by atoms with Gasteiger partial charge in [0.1, 0.15) is 6.61 Å². The average Bonchev–Trinajstić information content (AvgIpc) is 2.63. The normalized spacial score (nSPS) is 28.8. The molecule has 0 saturated heterocycles. The zero-order chi connectivity index (χ0) is 13.6. The summed E-state index contributed by atoms with van der Waals surface area (Å²) in [6, 6.07) is 0.526. The molecule has 0 aliphatic heterocycles. The number of hydrogen-bond acceptors (Lipinski definition) is 2. The van der Waals surface area contributed by atoms with Crippen molar-refractivity contribution in [1.82, 2.24) is 5.32 Å². The monoisotopic (exact) mass is 267 g/mol. The van der Waals surface area contributed by atoms with E-state index in [1.807, 2.05) is 0 Å². The third-order valence-corrected chi connectivity index (χ3v) is 3.89. The van der Waals surface area contributed by atoms with Gasteiger partial charge < -0.3 is 10.1 Å². The van der Waals surface area contributed by atoms with Crippen molar-refractivity contribution in [3.05, 3.63) is 0 Å². The van der Waals surface area contributed by atoms with Gasteiger partial charge in [0.15, 0.2) is 0 Å². The van der Waals surface area contributed by atoms with E-state index in [0.717, 1.165) is 12.5 Å². The molecule has 0 heterocycles. The summed E-state index contributed by atoms with van der Waals surface area (Å²) >= 11 is 0. The van der Waals surface area contributed by atoms with Gasteiger partial charge in [-0.25, -0.2) is 0 Å². The lowest BCUT2D eigenvalue weighted by Gasteiger charge is -2.21. The molecule has 0 bridgehead atoms. The summed E-state index contributed by atoms with van der Waals surface area (Å²) in [5.74, 6) is 1.47. The first kappa shape index (κ1) is 15.8. The van der Waals surface area contributed by atoms with E-state index in [1.54, 1.807) is 0 Å². The van der Waals surface area contributed by atoms with Crippen LogP contribution >= 0.6 is 0 Å². The number of rotatable bonds is 7. The molecule has 1 aliphatic rings. The maximum absolute atomic E-state index is 11.8. The quantitative estimate of drug-likeness (QED) is 0.714. The van der Waals surface area contributed by atoms with Gasteiger partial charge in [-0.2, -0.15) is 13.2 Å². The molecular weight excluding hydrogens is 243 g/mol. The number of alkyl halides is 3. The van der Waals surface area contributed by atoms with E-state index in [9.17, 15) is 13.2 Å². The van der Waals surface area contributed by atoms with Gasteiger partial charge in [0, 0.05) is 12.6 Å². The van der Waals surface area contributed by atoms with E-state index < -0.39 is 12.8 Å². The summed E-state index contributed by atoms with van der Waals surface area (Å²) in [6.07, 6.45) is 0.0921. The molecule has 1 fully saturated rings. The summed E-state index contributed by atoms with van der Waals surface area (Å²) in [7, 11) is 0. The highest BCUT2D eigenvalue weighted by Crippen LogP contribution is 2.33. The van der Waals surface area contributed by atoms with Gasteiger partial charge in [0.05, 0.1) is 0 Å². The van der Waals surface area contributed by atoms with E-state index in [-0.39, 0.29) is 6.61 Å². The Balaban J connectivity index is 2.02. The van der Waals surface area contributed by atoms with Gasteiger partial charge in [-0.1, -0.05) is 20.3 Å². The van der Waals surface area contributed by atoms with Crippen LogP contribution in [0, 0.1) is 11.8 Å². The van der Waals surface area contributed by atoms with Crippen LogP contribution in [0.2, 0.25) is 0 Å². The molecule has 3 atom stereocenters. The van der Waals surface area contributed by atoms with Crippen molar-refractivity contribution in [2.75, 3.05) is 19.8 Å².